The molecule has 0 radical (unpaired) electrons. The first-order chi connectivity index (χ1) is 6.68. The van der Waals surface area contributed by atoms with Crippen LogP contribution in [0.1, 0.15) is 0 Å². The van der Waals surface area contributed by atoms with Crippen molar-refractivity contribution in [2.45, 2.75) is 0 Å². The topological polar surface area (TPSA) is 82.8 Å². The van der Waals surface area contributed by atoms with Crippen LogP contribution >= 0.6 is 0 Å². The molecular weight excluding hydrogens is 185 g/mol. The van der Waals surface area contributed by atoms with Gasteiger partial charge < -0.3 is 11.6 Å². The molecule has 0 aliphatic rings. The molecule has 0 fully saturated rings. The first-order valence-corrected chi connectivity index (χ1v) is 3.90. The smallest absolute Gasteiger partial charge is 0.241 e. The second-order valence-corrected chi connectivity index (χ2v) is 2.76. The Hall–Kier alpha value is -2.11. The summed E-state index contributed by atoms with van der Waals surface area (Å²) >= 11 is 0. The predicted octanol–water partition coefficient (Wildman–Crippen LogP) is 0.380. The summed E-state index contributed by atoms with van der Waals surface area (Å²) in [6, 6.07) is 5.89. The lowest BCUT2D eigenvalue weighted by molar-refractivity contribution is 0.628. The average Bonchev–Trinajstić information content (AvgIpc) is 2.48. The minimum atomic E-state index is -0.357. The highest BCUT2D eigenvalue weighted by Gasteiger charge is 2.08. The van der Waals surface area contributed by atoms with Crippen molar-refractivity contribution in [3.05, 3.63) is 30.1 Å². The summed E-state index contributed by atoms with van der Waals surface area (Å²) < 4.78 is 14.0. The summed E-state index contributed by atoms with van der Waals surface area (Å²) in [7, 11) is 0. The van der Waals surface area contributed by atoms with E-state index in [0.717, 1.165) is 4.68 Å². The normalized spacial score (nSPS) is 10.4. The molecule has 0 saturated carbocycles. The molecule has 4 N–H and O–H groups in total. The number of hydrogen-bond acceptors (Lipinski definition) is 4. The third-order valence-corrected chi connectivity index (χ3v) is 1.81. The molecule has 5 nitrogen and oxygen atoms in total. The van der Waals surface area contributed by atoms with Gasteiger partial charge >= 0.3 is 0 Å². The van der Waals surface area contributed by atoms with Gasteiger partial charge in [0.25, 0.3) is 0 Å². The van der Waals surface area contributed by atoms with Crippen molar-refractivity contribution in [3.63, 3.8) is 0 Å². The number of rotatable bonds is 1. The molecule has 0 aliphatic carbocycles. The van der Waals surface area contributed by atoms with E-state index in [1.165, 1.54) is 12.1 Å². The van der Waals surface area contributed by atoms with Gasteiger partial charge in [-0.15, -0.1) is 10.2 Å². The molecule has 0 unspecified atom stereocenters. The maximum atomic E-state index is 12.9. The zero-order chi connectivity index (χ0) is 10.1. The minimum Gasteiger partial charge on any atom is -0.366 e. The Morgan fingerprint density at radius 2 is 2.07 bits per heavy atom. The molecule has 2 aromatic rings. The first kappa shape index (κ1) is 8.49. The highest BCUT2D eigenvalue weighted by molar-refractivity contribution is 5.56. The molecule has 1 aromatic carbocycles. The Bertz CT molecular complexity index is 465. The lowest BCUT2D eigenvalue weighted by Gasteiger charge is -2.00. The summed E-state index contributed by atoms with van der Waals surface area (Å²) in [4.78, 5) is 0. The maximum absolute atomic E-state index is 12.9. The molecular formula is C8H8FN5. The van der Waals surface area contributed by atoms with Gasteiger partial charge in [-0.25, -0.2) is 9.07 Å². The van der Waals surface area contributed by atoms with Crippen LogP contribution in [0.5, 0.6) is 0 Å². The first-order valence-electron chi connectivity index (χ1n) is 3.90. The SMILES string of the molecule is Nc1nnc(-c2cccc(F)c2)n1N. The highest BCUT2D eigenvalue weighted by atomic mass is 19.1. The van der Waals surface area contributed by atoms with Gasteiger partial charge in [0.15, 0.2) is 5.82 Å². The van der Waals surface area contributed by atoms with Gasteiger partial charge in [0.2, 0.25) is 5.95 Å². The van der Waals surface area contributed by atoms with E-state index < -0.39 is 0 Å². The molecule has 0 bridgehead atoms. The van der Waals surface area contributed by atoms with Gasteiger partial charge in [-0.05, 0) is 12.1 Å². The van der Waals surface area contributed by atoms with Crippen LogP contribution in [0.3, 0.4) is 0 Å². The van der Waals surface area contributed by atoms with E-state index in [9.17, 15) is 4.39 Å². The number of halogens is 1. The van der Waals surface area contributed by atoms with Crippen molar-refractivity contribution in [2.24, 2.45) is 0 Å². The molecule has 6 heteroatoms. The second-order valence-electron chi connectivity index (χ2n) is 2.76. The van der Waals surface area contributed by atoms with Crippen molar-refractivity contribution in [1.29, 1.82) is 0 Å². The number of nitrogens with zero attached hydrogens (tertiary/aromatic N) is 3. The lowest BCUT2D eigenvalue weighted by Crippen LogP contribution is -2.13. The number of nitrogens with two attached hydrogens (primary N) is 2. The number of nitrogen functional groups attached to an aromatic ring is 2. The van der Waals surface area contributed by atoms with Crippen LogP contribution < -0.4 is 11.6 Å². The van der Waals surface area contributed by atoms with E-state index in [2.05, 4.69) is 10.2 Å². The van der Waals surface area contributed by atoms with Crippen molar-refractivity contribution >= 4 is 5.95 Å². The number of anilines is 1. The van der Waals surface area contributed by atoms with Crippen molar-refractivity contribution in [2.75, 3.05) is 11.6 Å². The summed E-state index contributed by atoms with van der Waals surface area (Å²) in [5.74, 6) is 5.59. The van der Waals surface area contributed by atoms with E-state index in [0.29, 0.717) is 11.4 Å². The zero-order valence-corrected chi connectivity index (χ0v) is 7.18. The quantitative estimate of drug-likeness (QED) is 0.641. The summed E-state index contributed by atoms with van der Waals surface area (Å²) in [5, 5.41) is 7.29. The Kier molecular flexibility index (Phi) is 1.81. The van der Waals surface area contributed by atoms with Crippen LogP contribution in [-0.2, 0) is 0 Å². The predicted molar refractivity (Wildman–Crippen MR) is 50.0 cm³/mol. The van der Waals surface area contributed by atoms with Gasteiger partial charge in [0, 0.05) is 5.56 Å². The maximum Gasteiger partial charge on any atom is 0.241 e. The minimum absolute atomic E-state index is 0.0873. The van der Waals surface area contributed by atoms with E-state index >= 15 is 0 Å². The number of benzene rings is 1. The van der Waals surface area contributed by atoms with Gasteiger partial charge in [-0.2, -0.15) is 0 Å². The van der Waals surface area contributed by atoms with Crippen LogP contribution in [0.25, 0.3) is 11.4 Å². The molecule has 2 rings (SSSR count). The second kappa shape index (κ2) is 2.99. The van der Waals surface area contributed by atoms with Gasteiger partial charge in [0.05, 0.1) is 0 Å². The molecule has 72 valence electrons. The zero-order valence-electron chi connectivity index (χ0n) is 7.18. The Morgan fingerprint density at radius 3 is 2.64 bits per heavy atom. The van der Waals surface area contributed by atoms with Gasteiger partial charge in [-0.3, -0.25) is 0 Å². The van der Waals surface area contributed by atoms with Crippen molar-refractivity contribution < 1.29 is 4.39 Å². The molecule has 0 aliphatic heterocycles. The van der Waals surface area contributed by atoms with Crippen molar-refractivity contribution in [3.8, 4) is 11.4 Å². The van der Waals surface area contributed by atoms with Gasteiger partial charge in [-0.1, -0.05) is 12.1 Å². The highest BCUT2D eigenvalue weighted by Crippen LogP contribution is 2.17. The Morgan fingerprint density at radius 1 is 1.29 bits per heavy atom. The van der Waals surface area contributed by atoms with Crippen LogP contribution in [0.4, 0.5) is 10.3 Å². The molecule has 14 heavy (non-hydrogen) atoms. The van der Waals surface area contributed by atoms with E-state index in [4.69, 9.17) is 11.6 Å². The monoisotopic (exact) mass is 193 g/mol. The average molecular weight is 193 g/mol. The van der Waals surface area contributed by atoms with Crippen LogP contribution in [0.2, 0.25) is 0 Å². The third kappa shape index (κ3) is 1.26. The lowest BCUT2D eigenvalue weighted by atomic mass is 10.2. The van der Waals surface area contributed by atoms with Crippen molar-refractivity contribution in [1.82, 2.24) is 14.9 Å². The van der Waals surface area contributed by atoms with Crippen LogP contribution in [0.15, 0.2) is 24.3 Å². The summed E-state index contributed by atoms with van der Waals surface area (Å²) in [6.07, 6.45) is 0. The van der Waals surface area contributed by atoms with Gasteiger partial charge in [0.1, 0.15) is 5.82 Å². The molecule has 0 atom stereocenters. The van der Waals surface area contributed by atoms with E-state index in [1.54, 1.807) is 12.1 Å². The largest absolute Gasteiger partial charge is 0.366 e. The third-order valence-electron chi connectivity index (χ3n) is 1.81. The number of hydrogen-bond donors (Lipinski definition) is 2. The fraction of sp³-hybridized carbons (Fsp3) is 0. The Labute approximate surface area is 79.1 Å². The van der Waals surface area contributed by atoms with Crippen LogP contribution in [0, 0.1) is 5.82 Å². The summed E-state index contributed by atoms with van der Waals surface area (Å²) in [6.45, 7) is 0. The Balaban J connectivity index is 2.55. The number of aromatic nitrogens is 3. The summed E-state index contributed by atoms with van der Waals surface area (Å²) in [5.41, 5.74) is 5.93. The van der Waals surface area contributed by atoms with E-state index in [-0.39, 0.29) is 11.8 Å². The molecule has 0 saturated heterocycles. The molecule has 0 amide bonds. The molecule has 1 heterocycles. The van der Waals surface area contributed by atoms with Crippen LogP contribution in [-0.4, -0.2) is 14.9 Å². The fourth-order valence-corrected chi connectivity index (χ4v) is 1.13. The molecule has 1 aromatic heterocycles. The fourth-order valence-electron chi connectivity index (χ4n) is 1.13. The standard InChI is InChI=1S/C8H8FN5/c9-6-3-1-2-5(4-6)7-12-13-8(10)14(7)11/h1-4H,11H2,(H2,10,13). The van der Waals surface area contributed by atoms with E-state index in [1.807, 2.05) is 0 Å². The molecule has 0 spiro atoms.